The number of rotatable bonds is 1. The fourth-order valence-electron chi connectivity index (χ4n) is 0.772. The van der Waals surface area contributed by atoms with Crippen molar-refractivity contribution in [3.8, 4) is 0 Å². The van der Waals surface area contributed by atoms with Crippen molar-refractivity contribution in [2.45, 2.75) is 19.9 Å². The molecule has 0 fully saturated rings. The summed E-state index contributed by atoms with van der Waals surface area (Å²) in [7, 11) is 0. The minimum Gasteiger partial charge on any atom is -0.323 e. The van der Waals surface area contributed by atoms with Gasteiger partial charge >= 0.3 is 0 Å². The normalized spacial score (nSPS) is 13.1. The maximum atomic E-state index is 5.79. The number of hydrogen-bond acceptors (Lipinski definition) is 2. The fraction of sp³-hybridized carbons (Fsp3) is 0.375. The quantitative estimate of drug-likeness (QED) is 0.656. The summed E-state index contributed by atoms with van der Waals surface area (Å²) in [4.78, 5) is 4.11. The average Bonchev–Trinajstić information content (AvgIpc) is 1.94. The Labute approximate surface area is 71.4 Å². The second kappa shape index (κ2) is 3.20. The van der Waals surface area contributed by atoms with E-state index in [9.17, 15) is 0 Å². The van der Waals surface area contributed by atoms with Gasteiger partial charge in [-0.1, -0.05) is 17.7 Å². The van der Waals surface area contributed by atoms with Crippen molar-refractivity contribution in [2.75, 3.05) is 0 Å². The molecular formula is C8H11ClN2. The molecule has 0 aliphatic carbocycles. The third kappa shape index (κ3) is 1.91. The van der Waals surface area contributed by atoms with E-state index in [0.29, 0.717) is 5.15 Å². The van der Waals surface area contributed by atoms with Crippen LogP contribution in [-0.4, -0.2) is 4.98 Å². The molecule has 0 aromatic carbocycles. The molecule has 0 aliphatic rings. The van der Waals surface area contributed by atoms with Crippen LogP contribution in [0.1, 0.15) is 24.2 Å². The van der Waals surface area contributed by atoms with E-state index in [1.807, 2.05) is 26.0 Å². The summed E-state index contributed by atoms with van der Waals surface area (Å²) in [5.41, 5.74) is 7.43. The van der Waals surface area contributed by atoms with Gasteiger partial charge in [0.05, 0.1) is 5.69 Å². The summed E-state index contributed by atoms with van der Waals surface area (Å²) < 4.78 is 0. The maximum Gasteiger partial charge on any atom is 0.132 e. The molecule has 0 aliphatic heterocycles. The lowest BCUT2D eigenvalue weighted by atomic mass is 10.2. The van der Waals surface area contributed by atoms with Gasteiger partial charge in [-0.2, -0.15) is 0 Å². The molecule has 1 heterocycles. The third-order valence-corrected chi connectivity index (χ3v) is 1.91. The number of aromatic nitrogens is 1. The van der Waals surface area contributed by atoms with E-state index in [1.165, 1.54) is 0 Å². The van der Waals surface area contributed by atoms with Crippen molar-refractivity contribution in [3.63, 3.8) is 0 Å². The minimum absolute atomic E-state index is 0.0481. The first-order valence-electron chi connectivity index (χ1n) is 3.50. The minimum atomic E-state index is -0.0481. The summed E-state index contributed by atoms with van der Waals surface area (Å²) in [6.07, 6.45) is 0. The van der Waals surface area contributed by atoms with E-state index in [4.69, 9.17) is 17.3 Å². The van der Waals surface area contributed by atoms with E-state index in [-0.39, 0.29) is 6.04 Å². The molecule has 1 unspecified atom stereocenters. The highest BCUT2D eigenvalue weighted by molar-refractivity contribution is 6.30. The van der Waals surface area contributed by atoms with Gasteiger partial charge in [-0.05, 0) is 25.5 Å². The topological polar surface area (TPSA) is 38.9 Å². The molecule has 0 spiro atoms. The maximum absolute atomic E-state index is 5.79. The van der Waals surface area contributed by atoms with Crippen LogP contribution in [0.15, 0.2) is 12.1 Å². The lowest BCUT2D eigenvalue weighted by Crippen LogP contribution is -2.07. The Balaban J connectivity index is 3.05. The first-order valence-corrected chi connectivity index (χ1v) is 3.87. The Morgan fingerprint density at radius 1 is 1.55 bits per heavy atom. The van der Waals surface area contributed by atoms with Crippen molar-refractivity contribution in [3.05, 3.63) is 28.5 Å². The van der Waals surface area contributed by atoms with E-state index in [0.717, 1.165) is 11.3 Å². The van der Waals surface area contributed by atoms with Crippen molar-refractivity contribution in [2.24, 2.45) is 5.73 Å². The molecule has 60 valence electrons. The molecule has 2 N–H and O–H groups in total. The van der Waals surface area contributed by atoms with E-state index in [1.54, 1.807) is 0 Å². The zero-order valence-electron chi connectivity index (χ0n) is 6.63. The lowest BCUT2D eigenvalue weighted by Gasteiger charge is -2.05. The number of pyridine rings is 1. The molecule has 1 rings (SSSR count). The lowest BCUT2D eigenvalue weighted by molar-refractivity contribution is 0.780. The predicted molar refractivity (Wildman–Crippen MR) is 46.6 cm³/mol. The van der Waals surface area contributed by atoms with Crippen LogP contribution >= 0.6 is 11.6 Å². The van der Waals surface area contributed by atoms with Gasteiger partial charge in [0.1, 0.15) is 5.15 Å². The highest BCUT2D eigenvalue weighted by atomic mass is 35.5. The number of aryl methyl sites for hydroxylation is 1. The second-order valence-electron chi connectivity index (χ2n) is 2.63. The molecule has 0 bridgehead atoms. The van der Waals surface area contributed by atoms with Gasteiger partial charge in [-0.3, -0.25) is 0 Å². The van der Waals surface area contributed by atoms with E-state index in [2.05, 4.69) is 4.98 Å². The van der Waals surface area contributed by atoms with Crippen molar-refractivity contribution >= 4 is 11.6 Å². The summed E-state index contributed by atoms with van der Waals surface area (Å²) >= 11 is 5.79. The van der Waals surface area contributed by atoms with Crippen LogP contribution in [0.4, 0.5) is 0 Å². The van der Waals surface area contributed by atoms with Gasteiger partial charge in [0, 0.05) is 6.04 Å². The smallest absolute Gasteiger partial charge is 0.132 e. The molecule has 2 nitrogen and oxygen atoms in total. The molecule has 0 radical (unpaired) electrons. The van der Waals surface area contributed by atoms with Gasteiger partial charge in [0.2, 0.25) is 0 Å². The molecule has 3 heteroatoms. The monoisotopic (exact) mass is 170 g/mol. The van der Waals surface area contributed by atoms with Gasteiger partial charge in [-0.15, -0.1) is 0 Å². The second-order valence-corrected chi connectivity index (χ2v) is 2.99. The standard InChI is InChI=1S/C8H11ClN2/c1-5-3-4-7(6(2)10)11-8(5)9/h3-4,6H,10H2,1-2H3. The fourth-order valence-corrected chi connectivity index (χ4v) is 0.932. The van der Waals surface area contributed by atoms with Crippen LogP contribution in [0.25, 0.3) is 0 Å². The van der Waals surface area contributed by atoms with Crippen LogP contribution in [0.5, 0.6) is 0 Å². The average molecular weight is 171 g/mol. The Kier molecular flexibility index (Phi) is 2.47. The largest absolute Gasteiger partial charge is 0.323 e. The first-order chi connectivity index (χ1) is 5.11. The van der Waals surface area contributed by atoms with Crippen molar-refractivity contribution in [1.29, 1.82) is 0 Å². The van der Waals surface area contributed by atoms with E-state index >= 15 is 0 Å². The molecule has 1 aromatic heterocycles. The summed E-state index contributed by atoms with van der Waals surface area (Å²) in [5.74, 6) is 0. The van der Waals surface area contributed by atoms with Gasteiger partial charge in [-0.25, -0.2) is 4.98 Å². The molecule has 1 atom stereocenters. The highest BCUT2D eigenvalue weighted by Gasteiger charge is 2.02. The number of nitrogens with zero attached hydrogens (tertiary/aromatic N) is 1. The third-order valence-electron chi connectivity index (χ3n) is 1.52. The van der Waals surface area contributed by atoms with Crippen molar-refractivity contribution in [1.82, 2.24) is 4.98 Å². The summed E-state index contributed by atoms with van der Waals surface area (Å²) in [5, 5.41) is 0.541. The zero-order chi connectivity index (χ0) is 8.43. The zero-order valence-corrected chi connectivity index (χ0v) is 7.39. The SMILES string of the molecule is Cc1ccc(C(C)N)nc1Cl. The Hall–Kier alpha value is -0.600. The Bertz CT molecular complexity index is 258. The number of hydrogen-bond donors (Lipinski definition) is 1. The molecule has 0 saturated heterocycles. The van der Waals surface area contributed by atoms with Crippen LogP contribution in [0.2, 0.25) is 5.15 Å². The first kappa shape index (κ1) is 8.50. The van der Waals surface area contributed by atoms with Crippen LogP contribution in [-0.2, 0) is 0 Å². The molecule has 0 amide bonds. The number of halogens is 1. The summed E-state index contributed by atoms with van der Waals surface area (Å²) in [6, 6.07) is 3.77. The van der Waals surface area contributed by atoms with Crippen LogP contribution in [0, 0.1) is 6.92 Å². The summed E-state index contributed by atoms with van der Waals surface area (Å²) in [6.45, 7) is 3.80. The van der Waals surface area contributed by atoms with Crippen molar-refractivity contribution < 1.29 is 0 Å². The molecular weight excluding hydrogens is 160 g/mol. The number of nitrogens with two attached hydrogens (primary N) is 1. The van der Waals surface area contributed by atoms with Gasteiger partial charge < -0.3 is 5.73 Å². The van der Waals surface area contributed by atoms with Crippen LogP contribution < -0.4 is 5.73 Å². The van der Waals surface area contributed by atoms with Gasteiger partial charge in [0.15, 0.2) is 0 Å². The predicted octanol–water partition coefficient (Wildman–Crippen LogP) is 2.06. The van der Waals surface area contributed by atoms with Gasteiger partial charge in [0.25, 0.3) is 0 Å². The Morgan fingerprint density at radius 3 is 2.64 bits per heavy atom. The highest BCUT2D eigenvalue weighted by Crippen LogP contribution is 2.14. The molecule has 0 saturated carbocycles. The van der Waals surface area contributed by atoms with E-state index < -0.39 is 0 Å². The molecule has 1 aromatic rings. The van der Waals surface area contributed by atoms with Crippen LogP contribution in [0.3, 0.4) is 0 Å². The Morgan fingerprint density at radius 2 is 2.18 bits per heavy atom. The molecule has 11 heavy (non-hydrogen) atoms.